The Morgan fingerprint density at radius 3 is 2.55 bits per heavy atom. The van der Waals surface area contributed by atoms with Gasteiger partial charge in [-0.25, -0.2) is 4.98 Å². The molecule has 0 bridgehead atoms. The van der Waals surface area contributed by atoms with Crippen LogP contribution in [0.2, 0.25) is 0 Å². The van der Waals surface area contributed by atoms with Crippen molar-refractivity contribution in [2.45, 2.75) is 19.4 Å². The third kappa shape index (κ3) is 6.55. The van der Waals surface area contributed by atoms with Crippen LogP contribution in [0.5, 0.6) is 11.5 Å². The van der Waals surface area contributed by atoms with Crippen molar-refractivity contribution in [3.8, 4) is 11.5 Å². The number of carbonyl (C=O) groups is 2. The van der Waals surface area contributed by atoms with Crippen LogP contribution in [0.3, 0.4) is 0 Å². The largest absolute Gasteiger partial charge is 0.493 e. The summed E-state index contributed by atoms with van der Waals surface area (Å²) in [6, 6.07) is 9.24. The Hall–Kier alpha value is -3.88. The molecule has 0 aliphatic carbocycles. The fraction of sp³-hybridized carbons (Fsp3) is 0.333. The number of rotatable bonds is 11. The number of aromatic nitrogens is 2. The van der Waals surface area contributed by atoms with Gasteiger partial charge in [-0.2, -0.15) is 0 Å². The Labute approximate surface area is 192 Å². The predicted molar refractivity (Wildman–Crippen MR) is 121 cm³/mol. The molecular formula is C24H28N4O5. The molecule has 0 saturated carbocycles. The number of methoxy groups -OCH3 is 2. The molecule has 0 radical (unpaired) electrons. The van der Waals surface area contributed by atoms with E-state index < -0.39 is 0 Å². The highest BCUT2D eigenvalue weighted by Crippen LogP contribution is 2.27. The Bertz CT molecular complexity index is 1040. The first-order valence-electron chi connectivity index (χ1n) is 10.5. The number of likely N-dealkylation sites (N-methyl/N-ethyl adjacent to an activating group) is 1. The second-order valence-corrected chi connectivity index (χ2v) is 7.40. The van der Waals surface area contributed by atoms with E-state index in [1.807, 2.05) is 18.2 Å². The second kappa shape index (κ2) is 11.7. The normalized spacial score (nSPS) is 10.5. The van der Waals surface area contributed by atoms with Crippen LogP contribution in [0.15, 0.2) is 59.6 Å². The zero-order valence-electron chi connectivity index (χ0n) is 19.1. The quantitative estimate of drug-likeness (QED) is 0.441. The van der Waals surface area contributed by atoms with Crippen LogP contribution in [-0.2, 0) is 17.8 Å². The maximum Gasteiger partial charge on any atom is 0.274 e. The maximum absolute atomic E-state index is 12.9. The van der Waals surface area contributed by atoms with E-state index in [2.05, 4.69) is 9.97 Å². The average Bonchev–Trinajstić information content (AvgIpc) is 3.37. The molecule has 0 N–H and O–H groups in total. The van der Waals surface area contributed by atoms with E-state index in [-0.39, 0.29) is 37.0 Å². The van der Waals surface area contributed by atoms with Gasteiger partial charge in [0, 0.05) is 39.0 Å². The molecule has 174 valence electrons. The van der Waals surface area contributed by atoms with Crippen molar-refractivity contribution >= 4 is 11.8 Å². The molecule has 0 unspecified atom stereocenters. The van der Waals surface area contributed by atoms with Crippen molar-refractivity contribution in [1.29, 1.82) is 0 Å². The standard InChI is InChI=1S/C24H28N4O5/c1-27(12-8-18-6-7-21(31-2)22(15-18)32-3)23(29)9-13-28(17-19-5-4-14-33-19)24(30)20-16-25-10-11-26-20/h4-7,10-11,14-16H,8-9,12-13,17H2,1-3H3. The molecular weight excluding hydrogens is 424 g/mol. The highest BCUT2D eigenvalue weighted by molar-refractivity contribution is 5.92. The lowest BCUT2D eigenvalue weighted by Crippen LogP contribution is -2.36. The van der Waals surface area contributed by atoms with Gasteiger partial charge in [0.05, 0.1) is 33.2 Å². The van der Waals surface area contributed by atoms with Gasteiger partial charge in [-0.1, -0.05) is 6.07 Å². The molecule has 2 amide bonds. The maximum atomic E-state index is 12.9. The van der Waals surface area contributed by atoms with Crippen LogP contribution < -0.4 is 9.47 Å². The minimum atomic E-state index is -0.305. The number of ether oxygens (including phenoxy) is 2. The van der Waals surface area contributed by atoms with Crippen LogP contribution in [-0.4, -0.2) is 65.9 Å². The number of amides is 2. The summed E-state index contributed by atoms with van der Waals surface area (Å²) in [4.78, 5) is 36.9. The smallest absolute Gasteiger partial charge is 0.274 e. The molecule has 2 heterocycles. The minimum Gasteiger partial charge on any atom is -0.493 e. The highest BCUT2D eigenvalue weighted by Gasteiger charge is 2.21. The molecule has 3 rings (SSSR count). The second-order valence-electron chi connectivity index (χ2n) is 7.40. The third-order valence-corrected chi connectivity index (χ3v) is 5.20. The zero-order valence-corrected chi connectivity index (χ0v) is 19.1. The molecule has 0 atom stereocenters. The van der Waals surface area contributed by atoms with Crippen molar-refractivity contribution in [2.75, 3.05) is 34.4 Å². The van der Waals surface area contributed by atoms with Crippen molar-refractivity contribution in [1.82, 2.24) is 19.8 Å². The van der Waals surface area contributed by atoms with Gasteiger partial charge < -0.3 is 23.7 Å². The van der Waals surface area contributed by atoms with Crippen LogP contribution >= 0.6 is 0 Å². The summed E-state index contributed by atoms with van der Waals surface area (Å²) >= 11 is 0. The predicted octanol–water partition coefficient (Wildman–Crippen LogP) is 2.82. The topological polar surface area (TPSA) is 98.0 Å². The summed E-state index contributed by atoms with van der Waals surface area (Å²) in [6.45, 7) is 1.01. The number of carbonyl (C=O) groups excluding carboxylic acids is 2. The number of hydrogen-bond acceptors (Lipinski definition) is 7. The molecule has 33 heavy (non-hydrogen) atoms. The number of nitrogens with zero attached hydrogens (tertiary/aromatic N) is 4. The lowest BCUT2D eigenvalue weighted by Gasteiger charge is -2.23. The van der Waals surface area contributed by atoms with Crippen molar-refractivity contribution < 1.29 is 23.5 Å². The first kappa shape index (κ1) is 23.8. The van der Waals surface area contributed by atoms with E-state index in [1.54, 1.807) is 49.5 Å². The summed E-state index contributed by atoms with van der Waals surface area (Å²) in [7, 11) is 4.94. The van der Waals surface area contributed by atoms with Gasteiger partial charge in [0.2, 0.25) is 5.91 Å². The molecule has 9 nitrogen and oxygen atoms in total. The van der Waals surface area contributed by atoms with E-state index in [0.29, 0.717) is 30.2 Å². The van der Waals surface area contributed by atoms with Gasteiger partial charge in [-0.05, 0) is 36.2 Å². The monoisotopic (exact) mass is 452 g/mol. The zero-order chi connectivity index (χ0) is 23.6. The Balaban J connectivity index is 1.58. The van der Waals surface area contributed by atoms with Crippen molar-refractivity contribution in [3.05, 3.63) is 72.2 Å². The van der Waals surface area contributed by atoms with Crippen LogP contribution in [0, 0.1) is 0 Å². The lowest BCUT2D eigenvalue weighted by atomic mass is 10.1. The number of benzene rings is 1. The van der Waals surface area contributed by atoms with E-state index in [0.717, 1.165) is 5.56 Å². The van der Waals surface area contributed by atoms with Gasteiger partial charge in [-0.3, -0.25) is 14.6 Å². The Kier molecular flexibility index (Phi) is 8.40. The number of hydrogen-bond donors (Lipinski definition) is 0. The van der Waals surface area contributed by atoms with Gasteiger partial charge in [0.25, 0.3) is 5.91 Å². The molecule has 1 aromatic carbocycles. The SMILES string of the molecule is COc1ccc(CCN(C)C(=O)CCN(Cc2ccco2)C(=O)c2cnccn2)cc1OC. The Morgan fingerprint density at radius 1 is 1.06 bits per heavy atom. The molecule has 0 aliphatic rings. The average molecular weight is 453 g/mol. The minimum absolute atomic E-state index is 0.0631. The molecule has 0 aliphatic heterocycles. The van der Waals surface area contributed by atoms with E-state index in [4.69, 9.17) is 13.9 Å². The van der Waals surface area contributed by atoms with Gasteiger partial charge in [0.15, 0.2) is 11.5 Å². The van der Waals surface area contributed by atoms with Gasteiger partial charge in [0.1, 0.15) is 11.5 Å². The molecule has 0 saturated heterocycles. The fourth-order valence-electron chi connectivity index (χ4n) is 3.29. The van der Waals surface area contributed by atoms with Crippen LogP contribution in [0.4, 0.5) is 0 Å². The molecule has 0 fully saturated rings. The van der Waals surface area contributed by atoms with Crippen molar-refractivity contribution in [2.24, 2.45) is 0 Å². The summed E-state index contributed by atoms with van der Waals surface area (Å²) < 4.78 is 16.0. The molecule has 3 aromatic rings. The number of furan rings is 1. The molecule has 9 heteroatoms. The third-order valence-electron chi connectivity index (χ3n) is 5.20. The highest BCUT2D eigenvalue weighted by atomic mass is 16.5. The summed E-state index contributed by atoms with van der Waals surface area (Å²) in [6.07, 6.45) is 6.77. The summed E-state index contributed by atoms with van der Waals surface area (Å²) in [5.41, 5.74) is 1.25. The first-order valence-corrected chi connectivity index (χ1v) is 10.5. The van der Waals surface area contributed by atoms with Crippen LogP contribution in [0.25, 0.3) is 0 Å². The summed E-state index contributed by atoms with van der Waals surface area (Å²) in [5, 5.41) is 0. The van der Waals surface area contributed by atoms with Crippen molar-refractivity contribution in [3.63, 3.8) is 0 Å². The molecule has 2 aromatic heterocycles. The Morgan fingerprint density at radius 2 is 1.88 bits per heavy atom. The molecule has 0 spiro atoms. The fourth-order valence-corrected chi connectivity index (χ4v) is 3.29. The van der Waals surface area contributed by atoms with E-state index >= 15 is 0 Å². The van der Waals surface area contributed by atoms with Gasteiger partial charge >= 0.3 is 0 Å². The first-order chi connectivity index (χ1) is 16.0. The lowest BCUT2D eigenvalue weighted by molar-refractivity contribution is -0.130. The van der Waals surface area contributed by atoms with Crippen LogP contribution in [0.1, 0.15) is 28.2 Å². The van der Waals surface area contributed by atoms with Gasteiger partial charge in [-0.15, -0.1) is 0 Å². The summed E-state index contributed by atoms with van der Waals surface area (Å²) in [5.74, 6) is 1.57. The van der Waals surface area contributed by atoms with E-state index in [9.17, 15) is 9.59 Å². The van der Waals surface area contributed by atoms with E-state index in [1.165, 1.54) is 18.6 Å².